The van der Waals surface area contributed by atoms with Gasteiger partial charge in [-0.3, -0.25) is 4.98 Å². The van der Waals surface area contributed by atoms with Crippen LogP contribution in [0.5, 0.6) is 5.75 Å². The van der Waals surface area contributed by atoms with Gasteiger partial charge in [-0.15, -0.1) is 0 Å². The number of hydrogen-bond donors (Lipinski definition) is 1. The highest BCUT2D eigenvalue weighted by Crippen LogP contribution is 2.31. The Balaban J connectivity index is 2.53. The molecule has 21 heavy (non-hydrogen) atoms. The molecule has 1 N–H and O–H groups in total. The van der Waals surface area contributed by atoms with E-state index < -0.39 is 0 Å². The number of rotatable bonds is 5. The van der Waals surface area contributed by atoms with Crippen LogP contribution in [0, 0.1) is 0 Å². The lowest BCUT2D eigenvalue weighted by molar-refractivity contribution is 0.318. The Morgan fingerprint density at radius 3 is 2.52 bits per heavy atom. The first-order chi connectivity index (χ1) is 9.95. The average Bonchev–Trinajstić information content (AvgIpc) is 2.44. The normalized spacial score (nSPS) is 11.7. The van der Waals surface area contributed by atoms with E-state index in [1.807, 2.05) is 6.07 Å². The second kappa shape index (κ2) is 6.33. The van der Waals surface area contributed by atoms with E-state index in [1.54, 1.807) is 0 Å². The molecule has 0 aliphatic rings. The van der Waals surface area contributed by atoms with E-state index in [-0.39, 0.29) is 5.41 Å². The van der Waals surface area contributed by atoms with Gasteiger partial charge in [0.2, 0.25) is 0 Å². The minimum atomic E-state index is 0.0374. The van der Waals surface area contributed by atoms with Gasteiger partial charge in [0.05, 0.1) is 12.1 Å². The fraction of sp³-hybridized carbons (Fsp3) is 0.500. The molecule has 3 heteroatoms. The molecule has 0 aliphatic carbocycles. The van der Waals surface area contributed by atoms with Crippen LogP contribution in [-0.4, -0.2) is 18.1 Å². The summed E-state index contributed by atoms with van der Waals surface area (Å²) in [6.07, 6.45) is 1.01. The number of benzene rings is 1. The molecule has 0 atom stereocenters. The number of pyridine rings is 1. The number of ether oxygens (including phenoxy) is 1. The zero-order valence-corrected chi connectivity index (χ0v) is 13.8. The first-order valence-electron chi connectivity index (χ1n) is 7.77. The van der Waals surface area contributed by atoms with Crippen molar-refractivity contribution in [1.82, 2.24) is 4.98 Å². The number of hydrogen-bond acceptors (Lipinski definition) is 3. The molecule has 1 heterocycles. The predicted octanol–water partition coefficient (Wildman–Crippen LogP) is 4.75. The summed E-state index contributed by atoms with van der Waals surface area (Å²) in [6, 6.07) is 8.31. The van der Waals surface area contributed by atoms with E-state index in [4.69, 9.17) is 9.72 Å². The van der Waals surface area contributed by atoms with Gasteiger partial charge < -0.3 is 10.1 Å². The number of nitrogens with zero attached hydrogens (tertiary/aromatic N) is 1. The second-order valence-electron chi connectivity index (χ2n) is 6.36. The highest BCUT2D eigenvalue weighted by molar-refractivity contribution is 5.92. The van der Waals surface area contributed by atoms with E-state index in [0.717, 1.165) is 47.6 Å². The van der Waals surface area contributed by atoms with Crippen molar-refractivity contribution in [2.75, 3.05) is 18.5 Å². The fourth-order valence-corrected chi connectivity index (χ4v) is 2.24. The lowest BCUT2D eigenvalue weighted by atomic mass is 9.90. The molecule has 0 radical (unpaired) electrons. The van der Waals surface area contributed by atoms with Gasteiger partial charge >= 0.3 is 0 Å². The minimum Gasteiger partial charge on any atom is -0.494 e. The van der Waals surface area contributed by atoms with Gasteiger partial charge in [0.25, 0.3) is 0 Å². The molecule has 0 unspecified atom stereocenters. The van der Waals surface area contributed by atoms with E-state index in [9.17, 15) is 0 Å². The van der Waals surface area contributed by atoms with Crippen LogP contribution in [0.1, 0.15) is 46.7 Å². The van der Waals surface area contributed by atoms with Crippen molar-refractivity contribution in [3.63, 3.8) is 0 Å². The maximum atomic E-state index is 5.74. The smallest absolute Gasteiger partial charge is 0.120 e. The number of fused-ring (bicyclic) bond motifs is 1. The summed E-state index contributed by atoms with van der Waals surface area (Å²) in [4.78, 5) is 4.82. The van der Waals surface area contributed by atoms with Crippen LogP contribution in [0.25, 0.3) is 10.9 Å². The molecular weight excluding hydrogens is 260 g/mol. The molecule has 114 valence electrons. The summed E-state index contributed by atoms with van der Waals surface area (Å²) in [7, 11) is 0. The Morgan fingerprint density at radius 1 is 1.14 bits per heavy atom. The number of nitrogens with one attached hydrogen (secondary N) is 1. The van der Waals surface area contributed by atoms with Crippen molar-refractivity contribution in [3.8, 4) is 5.75 Å². The Kier molecular flexibility index (Phi) is 4.71. The average molecular weight is 286 g/mol. The number of anilines is 1. The van der Waals surface area contributed by atoms with Crippen LogP contribution in [0.4, 0.5) is 5.69 Å². The van der Waals surface area contributed by atoms with E-state index in [2.05, 4.69) is 58.1 Å². The van der Waals surface area contributed by atoms with Gasteiger partial charge in [-0.05, 0) is 37.6 Å². The van der Waals surface area contributed by atoms with Crippen molar-refractivity contribution < 1.29 is 4.74 Å². The van der Waals surface area contributed by atoms with Gasteiger partial charge in [-0.25, -0.2) is 0 Å². The van der Waals surface area contributed by atoms with Crippen LogP contribution in [0.15, 0.2) is 24.3 Å². The Hall–Kier alpha value is -1.77. The zero-order chi connectivity index (χ0) is 15.5. The van der Waals surface area contributed by atoms with Crippen molar-refractivity contribution in [2.24, 2.45) is 0 Å². The van der Waals surface area contributed by atoms with Gasteiger partial charge in [0.15, 0.2) is 0 Å². The largest absolute Gasteiger partial charge is 0.494 e. The highest BCUT2D eigenvalue weighted by Gasteiger charge is 2.18. The molecule has 0 aliphatic heterocycles. The Morgan fingerprint density at radius 2 is 1.90 bits per heavy atom. The molecule has 0 spiro atoms. The quantitative estimate of drug-likeness (QED) is 0.861. The van der Waals surface area contributed by atoms with Crippen LogP contribution < -0.4 is 10.1 Å². The molecule has 3 nitrogen and oxygen atoms in total. The van der Waals surface area contributed by atoms with Gasteiger partial charge in [-0.2, -0.15) is 0 Å². The highest BCUT2D eigenvalue weighted by atomic mass is 16.5. The monoisotopic (exact) mass is 286 g/mol. The fourth-order valence-electron chi connectivity index (χ4n) is 2.24. The second-order valence-corrected chi connectivity index (χ2v) is 6.36. The Labute approximate surface area is 127 Å². The van der Waals surface area contributed by atoms with Crippen molar-refractivity contribution in [2.45, 2.75) is 46.5 Å². The van der Waals surface area contributed by atoms with Gasteiger partial charge in [0, 0.05) is 28.7 Å². The van der Waals surface area contributed by atoms with Crippen molar-refractivity contribution in [1.29, 1.82) is 0 Å². The SMILES string of the molecule is CCCOc1ccc2nc(C(C)(C)C)cc(NCC)c2c1. The molecule has 0 saturated carbocycles. The third kappa shape index (κ3) is 3.66. The maximum Gasteiger partial charge on any atom is 0.120 e. The van der Waals surface area contributed by atoms with Crippen LogP contribution in [0.3, 0.4) is 0 Å². The topological polar surface area (TPSA) is 34.1 Å². The standard InChI is InChI=1S/C18H26N2O/c1-6-10-21-13-8-9-15-14(11-13)16(19-7-2)12-17(20-15)18(3,4)5/h8-9,11-12H,6-7,10H2,1-5H3,(H,19,20). The minimum absolute atomic E-state index is 0.0374. The molecule has 0 fully saturated rings. The van der Waals surface area contributed by atoms with Crippen LogP contribution in [-0.2, 0) is 5.41 Å². The summed E-state index contributed by atoms with van der Waals surface area (Å²) in [5.41, 5.74) is 3.29. The summed E-state index contributed by atoms with van der Waals surface area (Å²) < 4.78 is 5.74. The molecule has 0 amide bonds. The Bertz CT molecular complexity index is 614. The first kappa shape index (κ1) is 15.6. The molecule has 1 aromatic carbocycles. The first-order valence-corrected chi connectivity index (χ1v) is 7.77. The van der Waals surface area contributed by atoms with Crippen molar-refractivity contribution >= 4 is 16.6 Å². The molecular formula is C18H26N2O. The maximum absolute atomic E-state index is 5.74. The van der Waals surface area contributed by atoms with Crippen LogP contribution >= 0.6 is 0 Å². The molecule has 2 aromatic rings. The third-order valence-corrected chi connectivity index (χ3v) is 3.39. The molecule has 1 aromatic heterocycles. The lowest BCUT2D eigenvalue weighted by Gasteiger charge is -2.20. The summed E-state index contributed by atoms with van der Waals surface area (Å²) in [5, 5.41) is 4.57. The van der Waals surface area contributed by atoms with Gasteiger partial charge in [-0.1, -0.05) is 27.7 Å². The summed E-state index contributed by atoms with van der Waals surface area (Å²) in [5.74, 6) is 0.911. The van der Waals surface area contributed by atoms with E-state index in [1.165, 1.54) is 0 Å². The molecule has 2 rings (SSSR count). The summed E-state index contributed by atoms with van der Waals surface area (Å²) in [6.45, 7) is 12.4. The molecule has 0 bridgehead atoms. The van der Waals surface area contributed by atoms with Gasteiger partial charge in [0.1, 0.15) is 5.75 Å². The predicted molar refractivity (Wildman–Crippen MR) is 90.4 cm³/mol. The van der Waals surface area contributed by atoms with Crippen molar-refractivity contribution in [3.05, 3.63) is 30.0 Å². The molecule has 0 saturated heterocycles. The third-order valence-electron chi connectivity index (χ3n) is 3.39. The van der Waals surface area contributed by atoms with E-state index in [0.29, 0.717) is 0 Å². The number of aromatic nitrogens is 1. The zero-order valence-electron chi connectivity index (χ0n) is 13.8. The lowest BCUT2D eigenvalue weighted by Crippen LogP contribution is -2.14. The summed E-state index contributed by atoms with van der Waals surface area (Å²) >= 11 is 0. The van der Waals surface area contributed by atoms with Crippen LogP contribution in [0.2, 0.25) is 0 Å². The van der Waals surface area contributed by atoms with E-state index >= 15 is 0 Å².